The highest BCUT2D eigenvalue weighted by Gasteiger charge is 2.18. The lowest BCUT2D eigenvalue weighted by Gasteiger charge is -2.27. The van der Waals surface area contributed by atoms with Gasteiger partial charge in [0.15, 0.2) is 0 Å². The molecule has 0 amide bonds. The molecule has 0 fully saturated rings. The van der Waals surface area contributed by atoms with Crippen LogP contribution >= 0.6 is 0 Å². The van der Waals surface area contributed by atoms with Crippen molar-refractivity contribution in [3.63, 3.8) is 0 Å². The minimum absolute atomic E-state index is 0.621. The molecule has 1 heteroatoms. The van der Waals surface area contributed by atoms with Crippen LogP contribution in [0.2, 0.25) is 0 Å². The average Bonchev–Trinajstić information content (AvgIpc) is 2.41. The quantitative estimate of drug-likeness (QED) is 0.718. The maximum atomic E-state index is 3.77. The Hall–Kier alpha value is -0.820. The third-order valence-electron chi connectivity index (χ3n) is 4.22. The van der Waals surface area contributed by atoms with Gasteiger partial charge in [0.1, 0.15) is 0 Å². The third kappa shape index (κ3) is 4.99. The van der Waals surface area contributed by atoms with Gasteiger partial charge < -0.3 is 5.32 Å². The first kappa shape index (κ1) is 16.2. The molecular formula is C18H31N. The van der Waals surface area contributed by atoms with Crippen LogP contribution in [0, 0.1) is 19.8 Å². The van der Waals surface area contributed by atoms with E-state index < -0.39 is 0 Å². The molecule has 108 valence electrons. The van der Waals surface area contributed by atoms with Crippen molar-refractivity contribution in [1.82, 2.24) is 5.32 Å². The van der Waals surface area contributed by atoms with E-state index in [1.54, 1.807) is 0 Å². The van der Waals surface area contributed by atoms with Crippen molar-refractivity contribution in [3.05, 3.63) is 34.9 Å². The minimum atomic E-state index is 0.621. The molecule has 0 saturated heterocycles. The van der Waals surface area contributed by atoms with Gasteiger partial charge >= 0.3 is 0 Å². The zero-order valence-electron chi connectivity index (χ0n) is 13.4. The Morgan fingerprint density at radius 3 is 2.32 bits per heavy atom. The highest BCUT2D eigenvalue weighted by molar-refractivity contribution is 5.31. The molecule has 0 aliphatic heterocycles. The largest absolute Gasteiger partial charge is 0.313 e. The fourth-order valence-electron chi connectivity index (χ4n) is 2.85. The normalized spacial score (nSPS) is 12.9. The fraction of sp³-hybridized carbons (Fsp3) is 0.667. The summed E-state index contributed by atoms with van der Waals surface area (Å²) in [6, 6.07) is 7.45. The minimum Gasteiger partial charge on any atom is -0.313 e. The lowest BCUT2D eigenvalue weighted by atomic mass is 9.87. The number of benzene rings is 1. The van der Waals surface area contributed by atoms with E-state index in [1.807, 2.05) is 0 Å². The van der Waals surface area contributed by atoms with E-state index in [-0.39, 0.29) is 0 Å². The molecule has 0 aliphatic rings. The van der Waals surface area contributed by atoms with Gasteiger partial charge in [-0.15, -0.1) is 0 Å². The van der Waals surface area contributed by atoms with Gasteiger partial charge in [-0.25, -0.2) is 0 Å². The molecular weight excluding hydrogens is 230 g/mol. The van der Waals surface area contributed by atoms with Crippen LogP contribution in [0.15, 0.2) is 18.2 Å². The maximum absolute atomic E-state index is 3.77. The highest BCUT2D eigenvalue weighted by atomic mass is 14.9. The Kier molecular flexibility index (Phi) is 7.15. The number of hydrogen-bond acceptors (Lipinski definition) is 1. The van der Waals surface area contributed by atoms with Gasteiger partial charge in [-0.1, -0.05) is 57.4 Å². The Labute approximate surface area is 119 Å². The van der Waals surface area contributed by atoms with E-state index in [0.717, 1.165) is 12.5 Å². The predicted octanol–water partition coefficient (Wildman–Crippen LogP) is 4.65. The average molecular weight is 261 g/mol. The number of nitrogens with one attached hydrogen (secondary N) is 1. The van der Waals surface area contributed by atoms with Gasteiger partial charge in [0, 0.05) is 6.04 Å². The number of rotatable bonds is 8. The van der Waals surface area contributed by atoms with Crippen LogP contribution in [0.5, 0.6) is 0 Å². The highest BCUT2D eigenvalue weighted by Crippen LogP contribution is 2.20. The molecule has 19 heavy (non-hydrogen) atoms. The summed E-state index contributed by atoms with van der Waals surface area (Å²) in [6.45, 7) is 12.4. The first-order chi connectivity index (χ1) is 9.12. The summed E-state index contributed by atoms with van der Waals surface area (Å²) in [5.74, 6) is 0.784. The Bertz CT molecular complexity index is 366. The van der Waals surface area contributed by atoms with E-state index >= 15 is 0 Å². The topological polar surface area (TPSA) is 12.0 Å². The second-order valence-corrected chi connectivity index (χ2v) is 5.77. The summed E-state index contributed by atoms with van der Waals surface area (Å²) in [7, 11) is 0. The summed E-state index contributed by atoms with van der Waals surface area (Å²) < 4.78 is 0. The molecule has 1 N–H and O–H groups in total. The van der Waals surface area contributed by atoms with E-state index in [9.17, 15) is 0 Å². The van der Waals surface area contributed by atoms with Crippen molar-refractivity contribution in [2.24, 2.45) is 5.92 Å². The molecule has 1 aromatic carbocycles. The molecule has 1 atom stereocenters. The molecule has 0 saturated carbocycles. The van der Waals surface area contributed by atoms with Crippen molar-refractivity contribution in [3.8, 4) is 0 Å². The standard InChI is InChI=1S/C18H31N/c1-6-11-19-18(16(7-2)8-3)13-17-12-14(4)9-10-15(17)5/h9-10,12,16,18-19H,6-8,11,13H2,1-5H3. The Morgan fingerprint density at radius 1 is 1.05 bits per heavy atom. The lowest BCUT2D eigenvalue weighted by Crippen LogP contribution is -2.38. The van der Waals surface area contributed by atoms with Gasteiger partial charge in [0.2, 0.25) is 0 Å². The molecule has 0 bridgehead atoms. The monoisotopic (exact) mass is 261 g/mol. The molecule has 0 radical (unpaired) electrons. The van der Waals surface area contributed by atoms with E-state index in [2.05, 4.69) is 58.1 Å². The molecule has 1 rings (SSSR count). The fourth-order valence-corrected chi connectivity index (χ4v) is 2.85. The van der Waals surface area contributed by atoms with Crippen molar-refractivity contribution in [2.45, 2.75) is 66.3 Å². The maximum Gasteiger partial charge on any atom is 0.0136 e. The predicted molar refractivity (Wildman–Crippen MR) is 85.8 cm³/mol. The summed E-state index contributed by atoms with van der Waals surface area (Å²) in [5.41, 5.74) is 4.32. The molecule has 0 spiro atoms. The van der Waals surface area contributed by atoms with Gasteiger partial charge in [0.05, 0.1) is 0 Å². The first-order valence-corrected chi connectivity index (χ1v) is 7.91. The summed E-state index contributed by atoms with van der Waals surface area (Å²) in [6.07, 6.45) is 4.91. The van der Waals surface area contributed by atoms with E-state index in [0.29, 0.717) is 6.04 Å². The van der Waals surface area contributed by atoms with Crippen LogP contribution in [0.1, 0.15) is 56.7 Å². The molecule has 1 unspecified atom stereocenters. The van der Waals surface area contributed by atoms with Crippen LogP contribution in [0.25, 0.3) is 0 Å². The first-order valence-electron chi connectivity index (χ1n) is 7.91. The SMILES string of the molecule is CCCNC(Cc1cc(C)ccc1C)C(CC)CC. The van der Waals surface area contributed by atoms with Gasteiger partial charge in [-0.2, -0.15) is 0 Å². The third-order valence-corrected chi connectivity index (χ3v) is 4.22. The van der Waals surface area contributed by atoms with Crippen molar-refractivity contribution in [2.75, 3.05) is 6.54 Å². The second kappa shape index (κ2) is 8.37. The summed E-state index contributed by atoms with van der Waals surface area (Å²) >= 11 is 0. The Balaban J connectivity index is 2.83. The van der Waals surface area contributed by atoms with Gasteiger partial charge in [0.25, 0.3) is 0 Å². The van der Waals surface area contributed by atoms with Crippen molar-refractivity contribution >= 4 is 0 Å². The molecule has 0 heterocycles. The zero-order chi connectivity index (χ0) is 14.3. The summed E-state index contributed by atoms with van der Waals surface area (Å²) in [5, 5.41) is 3.77. The zero-order valence-corrected chi connectivity index (χ0v) is 13.4. The van der Waals surface area contributed by atoms with Crippen LogP contribution in [0.3, 0.4) is 0 Å². The molecule has 0 aromatic heterocycles. The van der Waals surface area contributed by atoms with Gasteiger partial charge in [-0.3, -0.25) is 0 Å². The van der Waals surface area contributed by atoms with Crippen LogP contribution in [-0.2, 0) is 6.42 Å². The van der Waals surface area contributed by atoms with Crippen LogP contribution in [-0.4, -0.2) is 12.6 Å². The molecule has 0 aliphatic carbocycles. The van der Waals surface area contributed by atoms with Crippen LogP contribution in [0.4, 0.5) is 0 Å². The molecule has 1 aromatic rings. The molecule has 1 nitrogen and oxygen atoms in total. The number of aryl methyl sites for hydroxylation is 2. The van der Waals surface area contributed by atoms with Crippen molar-refractivity contribution in [1.29, 1.82) is 0 Å². The van der Waals surface area contributed by atoms with E-state index in [4.69, 9.17) is 0 Å². The van der Waals surface area contributed by atoms with E-state index in [1.165, 1.54) is 42.4 Å². The van der Waals surface area contributed by atoms with Gasteiger partial charge in [-0.05, 0) is 50.3 Å². The lowest BCUT2D eigenvalue weighted by molar-refractivity contribution is 0.331. The summed E-state index contributed by atoms with van der Waals surface area (Å²) in [4.78, 5) is 0. The van der Waals surface area contributed by atoms with Crippen molar-refractivity contribution < 1.29 is 0 Å². The van der Waals surface area contributed by atoms with Crippen LogP contribution < -0.4 is 5.32 Å². The smallest absolute Gasteiger partial charge is 0.0136 e. The second-order valence-electron chi connectivity index (χ2n) is 5.77. The Morgan fingerprint density at radius 2 is 1.74 bits per heavy atom. The number of hydrogen-bond donors (Lipinski definition) is 1.